The summed E-state index contributed by atoms with van der Waals surface area (Å²) in [6.07, 6.45) is 6.20. The lowest BCUT2D eigenvalue weighted by molar-refractivity contribution is 0.0663. The van der Waals surface area contributed by atoms with Gasteiger partial charge < -0.3 is 15.2 Å². The summed E-state index contributed by atoms with van der Waals surface area (Å²) < 4.78 is 6.07. The van der Waals surface area contributed by atoms with E-state index in [1.165, 1.54) is 23.2 Å². The molecule has 4 atom stereocenters. The number of ether oxygens (including phenoxy) is 1. The molecule has 2 aliphatic rings. The van der Waals surface area contributed by atoms with E-state index in [-0.39, 0.29) is 23.8 Å². The molecular weight excluding hydrogens is 424 g/mol. The van der Waals surface area contributed by atoms with E-state index in [1.54, 1.807) is 12.4 Å². The van der Waals surface area contributed by atoms with Gasteiger partial charge in [0.15, 0.2) is 0 Å². The van der Waals surface area contributed by atoms with Gasteiger partial charge in [0.05, 0.1) is 28.8 Å². The molecule has 165 valence electrons. The second-order valence-corrected chi connectivity index (χ2v) is 9.68. The molecule has 7 nitrogen and oxygen atoms in total. The van der Waals surface area contributed by atoms with Crippen molar-refractivity contribution >= 4 is 22.9 Å². The number of aliphatic hydroxyl groups is 1. The number of aryl methyl sites for hydroxylation is 1. The Morgan fingerprint density at radius 3 is 3.03 bits per heavy atom. The molecule has 2 N–H and O–H groups in total. The number of pyridine rings is 1. The van der Waals surface area contributed by atoms with Crippen molar-refractivity contribution in [2.75, 3.05) is 11.9 Å². The van der Waals surface area contributed by atoms with Crippen molar-refractivity contribution in [2.45, 2.75) is 44.4 Å². The van der Waals surface area contributed by atoms with Gasteiger partial charge >= 0.3 is 0 Å². The van der Waals surface area contributed by atoms with Crippen LogP contribution in [-0.4, -0.2) is 44.6 Å². The highest BCUT2D eigenvalue weighted by Gasteiger charge is 2.32. The van der Waals surface area contributed by atoms with Crippen molar-refractivity contribution < 1.29 is 14.6 Å². The van der Waals surface area contributed by atoms with Gasteiger partial charge in [0.2, 0.25) is 5.78 Å². The molecule has 1 saturated carbocycles. The van der Waals surface area contributed by atoms with E-state index in [1.807, 2.05) is 19.1 Å². The van der Waals surface area contributed by atoms with Crippen molar-refractivity contribution in [3.63, 3.8) is 0 Å². The first-order chi connectivity index (χ1) is 15.5. The number of nitrogens with zero attached hydrogens (tertiary/aromatic N) is 3. The van der Waals surface area contributed by atoms with E-state index in [9.17, 15) is 9.90 Å². The molecule has 0 bridgehead atoms. The van der Waals surface area contributed by atoms with Crippen molar-refractivity contribution in [1.29, 1.82) is 0 Å². The fourth-order valence-electron chi connectivity index (χ4n) is 4.53. The van der Waals surface area contributed by atoms with Crippen LogP contribution in [0.4, 0.5) is 5.82 Å². The third-order valence-corrected chi connectivity index (χ3v) is 7.31. The van der Waals surface area contributed by atoms with Crippen molar-refractivity contribution in [1.82, 2.24) is 15.0 Å². The van der Waals surface area contributed by atoms with Crippen LogP contribution in [0.25, 0.3) is 0 Å². The second kappa shape index (κ2) is 8.69. The number of aliphatic hydroxyl groups excluding tert-OH is 1. The number of hydrogen-bond donors (Lipinski definition) is 2. The lowest BCUT2D eigenvalue weighted by atomic mass is 9.98. The van der Waals surface area contributed by atoms with Gasteiger partial charge in [-0.05, 0) is 56.7 Å². The van der Waals surface area contributed by atoms with Crippen LogP contribution >= 0.6 is 11.3 Å². The number of rotatable bonds is 5. The van der Waals surface area contributed by atoms with Gasteiger partial charge in [0.25, 0.3) is 0 Å². The van der Waals surface area contributed by atoms with Gasteiger partial charge in [0, 0.05) is 28.9 Å². The van der Waals surface area contributed by atoms with Crippen LogP contribution in [0.2, 0.25) is 0 Å². The van der Waals surface area contributed by atoms with Crippen LogP contribution in [0.3, 0.4) is 0 Å². The van der Waals surface area contributed by atoms with Gasteiger partial charge in [-0.2, -0.15) is 0 Å². The maximum atomic E-state index is 13.4. The number of ketones is 1. The summed E-state index contributed by atoms with van der Waals surface area (Å²) in [5.74, 6) is 0.335. The highest BCUT2D eigenvalue weighted by atomic mass is 32.1. The molecule has 1 fully saturated rings. The topological polar surface area (TPSA) is 97.2 Å². The molecule has 0 amide bonds. The Kier molecular flexibility index (Phi) is 5.75. The summed E-state index contributed by atoms with van der Waals surface area (Å²) in [6.45, 7) is 6.62. The molecule has 8 heteroatoms. The molecule has 0 spiro atoms. The van der Waals surface area contributed by atoms with Crippen LogP contribution in [0.15, 0.2) is 36.9 Å². The highest BCUT2D eigenvalue weighted by Crippen LogP contribution is 2.37. The molecule has 1 radical (unpaired) electrons. The predicted molar refractivity (Wildman–Crippen MR) is 122 cm³/mol. The monoisotopic (exact) mass is 449 g/mol. The number of carbonyl (C=O) groups excluding carboxylic acids is 1. The molecule has 5 rings (SSSR count). The molecule has 0 unspecified atom stereocenters. The number of nitrogens with one attached hydrogen (secondary N) is 1. The summed E-state index contributed by atoms with van der Waals surface area (Å²) >= 11 is 1.45. The number of anilines is 1. The van der Waals surface area contributed by atoms with Crippen molar-refractivity contribution in [3.8, 4) is 0 Å². The minimum absolute atomic E-state index is 0.0211. The molecule has 0 aromatic carbocycles. The SMILES string of the molecule is [CH2][C@@H]1C[C@@H](Nc2ncncc2C(=O)c2cc([C@@H]3OCCc4cccnc43)c(C)s2)C[C@@H]1O. The largest absolute Gasteiger partial charge is 0.393 e. The van der Waals surface area contributed by atoms with E-state index in [4.69, 9.17) is 4.74 Å². The van der Waals surface area contributed by atoms with Crippen LogP contribution in [0.5, 0.6) is 0 Å². The molecule has 1 aliphatic heterocycles. The minimum atomic E-state index is -0.442. The van der Waals surface area contributed by atoms with E-state index >= 15 is 0 Å². The summed E-state index contributed by atoms with van der Waals surface area (Å²) in [5, 5.41) is 13.3. The Morgan fingerprint density at radius 2 is 2.22 bits per heavy atom. The number of aromatic nitrogens is 3. The average molecular weight is 450 g/mol. The summed E-state index contributed by atoms with van der Waals surface area (Å²) in [4.78, 5) is 28.0. The first-order valence-corrected chi connectivity index (χ1v) is 11.6. The average Bonchev–Trinajstić information content (AvgIpc) is 3.34. The predicted octanol–water partition coefficient (Wildman–Crippen LogP) is 3.52. The molecule has 32 heavy (non-hydrogen) atoms. The molecule has 0 saturated heterocycles. The Morgan fingerprint density at radius 1 is 1.34 bits per heavy atom. The number of thiophene rings is 1. The minimum Gasteiger partial charge on any atom is -0.393 e. The maximum Gasteiger partial charge on any atom is 0.208 e. The fraction of sp³-hybridized carbons (Fsp3) is 0.375. The first kappa shape index (κ1) is 21.2. The van der Waals surface area contributed by atoms with Crippen LogP contribution in [0, 0.1) is 19.8 Å². The Bertz CT molecular complexity index is 1140. The van der Waals surface area contributed by atoms with Gasteiger partial charge in [-0.25, -0.2) is 9.97 Å². The fourth-order valence-corrected chi connectivity index (χ4v) is 5.53. The van der Waals surface area contributed by atoms with Gasteiger partial charge in [-0.3, -0.25) is 9.78 Å². The maximum absolute atomic E-state index is 13.4. The molecule has 3 aromatic heterocycles. The van der Waals surface area contributed by atoms with E-state index in [2.05, 4.69) is 33.3 Å². The Labute approximate surface area is 190 Å². The van der Waals surface area contributed by atoms with E-state index in [0.717, 1.165) is 29.0 Å². The van der Waals surface area contributed by atoms with Gasteiger partial charge in [-0.15, -0.1) is 11.3 Å². The summed E-state index contributed by atoms with van der Waals surface area (Å²) in [6, 6.07) is 5.97. The van der Waals surface area contributed by atoms with Crippen LogP contribution in [0.1, 0.15) is 55.9 Å². The quantitative estimate of drug-likeness (QED) is 0.575. The smallest absolute Gasteiger partial charge is 0.208 e. The standard InChI is InChI=1S/C24H25N4O3S/c1-13-8-16(9-19(13)29)28-24-18(11-25-12-27-24)22(30)20-10-17(14(2)32-20)23-21-15(5-7-31-23)4-3-6-26-21/h3-4,6,10-13,16,19,23,29H,1,5,7-9H2,2H3,(H,25,27,28)/t13-,16-,19+,23+/m1/s1. The molecular formula is C24H25N4O3S. The number of hydrogen-bond acceptors (Lipinski definition) is 8. The Balaban J connectivity index is 1.42. The third kappa shape index (κ3) is 3.94. The lowest BCUT2D eigenvalue weighted by Crippen LogP contribution is -2.20. The van der Waals surface area contributed by atoms with Crippen LogP contribution in [-0.2, 0) is 11.2 Å². The zero-order chi connectivity index (χ0) is 22.2. The van der Waals surface area contributed by atoms with Crippen LogP contribution < -0.4 is 5.32 Å². The number of fused-ring (bicyclic) bond motifs is 1. The first-order valence-electron chi connectivity index (χ1n) is 10.8. The van der Waals surface area contributed by atoms with Crippen molar-refractivity contribution in [3.05, 3.63) is 76.0 Å². The third-order valence-electron chi connectivity index (χ3n) is 6.25. The zero-order valence-electron chi connectivity index (χ0n) is 17.8. The molecule has 3 aromatic rings. The Hall–Kier alpha value is -2.68. The molecule has 1 aliphatic carbocycles. The summed E-state index contributed by atoms with van der Waals surface area (Å²) in [7, 11) is 0. The van der Waals surface area contributed by atoms with Gasteiger partial charge in [-0.1, -0.05) is 6.07 Å². The molecule has 4 heterocycles. The second-order valence-electron chi connectivity index (χ2n) is 8.43. The normalized spacial score (nSPS) is 24.8. The summed E-state index contributed by atoms with van der Waals surface area (Å²) in [5.41, 5.74) is 3.51. The van der Waals surface area contributed by atoms with E-state index in [0.29, 0.717) is 29.3 Å². The van der Waals surface area contributed by atoms with E-state index < -0.39 is 6.10 Å². The number of carbonyl (C=O) groups is 1. The van der Waals surface area contributed by atoms with Crippen molar-refractivity contribution in [2.24, 2.45) is 5.92 Å². The zero-order valence-corrected chi connectivity index (χ0v) is 18.6. The van der Waals surface area contributed by atoms with Gasteiger partial charge in [0.1, 0.15) is 18.2 Å². The highest BCUT2D eigenvalue weighted by molar-refractivity contribution is 7.14. The lowest BCUT2D eigenvalue weighted by Gasteiger charge is -2.25.